The summed E-state index contributed by atoms with van der Waals surface area (Å²) in [4.78, 5) is 22.4. The second kappa shape index (κ2) is 9.06. The van der Waals surface area contributed by atoms with Gasteiger partial charge in [-0.15, -0.1) is 0 Å². The minimum atomic E-state index is -0.963. The Morgan fingerprint density at radius 3 is 2.70 bits per heavy atom. The molecule has 0 aromatic heterocycles. The van der Waals surface area contributed by atoms with Crippen molar-refractivity contribution in [1.82, 2.24) is 5.32 Å². The van der Waals surface area contributed by atoms with Crippen LogP contribution in [0.25, 0.3) is 0 Å². The van der Waals surface area contributed by atoms with Gasteiger partial charge < -0.3 is 19.9 Å². The minimum absolute atomic E-state index is 0.0239. The summed E-state index contributed by atoms with van der Waals surface area (Å²) in [6.45, 7) is 1.16. The molecular weight excluding hydrogens is 262 g/mol. The second-order valence-corrected chi connectivity index (χ2v) is 4.11. The molecule has 0 saturated heterocycles. The summed E-state index contributed by atoms with van der Waals surface area (Å²) < 4.78 is 9.86. The molecule has 0 saturated carbocycles. The Morgan fingerprint density at radius 2 is 2.00 bits per heavy atom. The van der Waals surface area contributed by atoms with E-state index in [1.54, 1.807) is 31.4 Å². The number of benzene rings is 1. The number of nitrogens with one attached hydrogen (secondary N) is 1. The summed E-state index contributed by atoms with van der Waals surface area (Å²) in [6.07, 6.45) is 0.465. The number of carboxylic acid groups (broad SMARTS) is 1. The zero-order chi connectivity index (χ0) is 14.8. The van der Waals surface area contributed by atoms with E-state index in [1.165, 1.54) is 0 Å². The van der Waals surface area contributed by atoms with Gasteiger partial charge in [0.1, 0.15) is 6.61 Å². The molecule has 110 valence electrons. The fourth-order valence-corrected chi connectivity index (χ4v) is 1.64. The molecule has 0 atom stereocenters. The number of rotatable bonds is 9. The second-order valence-electron chi connectivity index (χ2n) is 4.11. The van der Waals surface area contributed by atoms with Gasteiger partial charge in [0.2, 0.25) is 5.91 Å². The summed E-state index contributed by atoms with van der Waals surface area (Å²) in [5.41, 5.74) is 0.957. The Morgan fingerprint density at radius 1 is 1.25 bits per heavy atom. The van der Waals surface area contributed by atoms with Crippen LogP contribution in [0, 0.1) is 0 Å². The number of methoxy groups -OCH3 is 1. The molecule has 0 radical (unpaired) electrons. The summed E-state index contributed by atoms with van der Waals surface area (Å²) in [6, 6.07) is 6.74. The normalized spacial score (nSPS) is 10.2. The van der Waals surface area contributed by atoms with Crippen molar-refractivity contribution >= 4 is 11.9 Å². The molecule has 2 N–H and O–H groups in total. The third kappa shape index (κ3) is 5.81. The highest BCUT2D eigenvalue weighted by Crippen LogP contribution is 2.08. The lowest BCUT2D eigenvalue weighted by Crippen LogP contribution is -2.30. The number of amides is 1. The van der Waals surface area contributed by atoms with Crippen LogP contribution in [0.3, 0.4) is 0 Å². The maximum Gasteiger partial charge on any atom is 0.335 e. The highest BCUT2D eigenvalue weighted by atomic mass is 16.5. The zero-order valence-corrected chi connectivity index (χ0v) is 11.4. The van der Waals surface area contributed by atoms with Gasteiger partial charge in [-0.3, -0.25) is 4.79 Å². The SMILES string of the molecule is COCCOCC(=O)NCCc1ccccc1C(=O)O. The Labute approximate surface area is 117 Å². The largest absolute Gasteiger partial charge is 0.478 e. The first-order chi connectivity index (χ1) is 9.65. The molecule has 0 fully saturated rings. The van der Waals surface area contributed by atoms with E-state index in [9.17, 15) is 9.59 Å². The highest BCUT2D eigenvalue weighted by Gasteiger charge is 2.09. The minimum Gasteiger partial charge on any atom is -0.478 e. The van der Waals surface area contributed by atoms with Crippen LogP contribution in [0.1, 0.15) is 15.9 Å². The van der Waals surface area contributed by atoms with Crippen LogP contribution in [0.5, 0.6) is 0 Å². The number of carbonyl (C=O) groups excluding carboxylic acids is 1. The van der Waals surface area contributed by atoms with Gasteiger partial charge in [0.15, 0.2) is 0 Å². The first-order valence-electron chi connectivity index (χ1n) is 6.29. The van der Waals surface area contributed by atoms with Gasteiger partial charge in [0.05, 0.1) is 18.8 Å². The molecule has 1 rings (SSSR count). The fourth-order valence-electron chi connectivity index (χ4n) is 1.64. The van der Waals surface area contributed by atoms with Crippen molar-refractivity contribution in [1.29, 1.82) is 0 Å². The molecule has 0 bridgehead atoms. The number of aromatic carboxylic acids is 1. The third-order valence-electron chi connectivity index (χ3n) is 2.63. The summed E-state index contributed by atoms with van der Waals surface area (Å²) in [5, 5.41) is 11.7. The fraction of sp³-hybridized carbons (Fsp3) is 0.429. The van der Waals surface area contributed by atoms with Crippen molar-refractivity contribution in [3.63, 3.8) is 0 Å². The molecule has 0 heterocycles. The van der Waals surface area contributed by atoms with E-state index >= 15 is 0 Å². The highest BCUT2D eigenvalue weighted by molar-refractivity contribution is 5.89. The van der Waals surface area contributed by atoms with Gasteiger partial charge in [-0.25, -0.2) is 4.79 Å². The lowest BCUT2D eigenvalue weighted by atomic mass is 10.0. The first-order valence-corrected chi connectivity index (χ1v) is 6.29. The molecule has 20 heavy (non-hydrogen) atoms. The number of carboxylic acids is 1. The quantitative estimate of drug-likeness (QED) is 0.651. The Hall–Kier alpha value is -1.92. The van der Waals surface area contributed by atoms with Crippen molar-refractivity contribution < 1.29 is 24.2 Å². The zero-order valence-electron chi connectivity index (χ0n) is 11.4. The van der Waals surface area contributed by atoms with Crippen LogP contribution in [-0.2, 0) is 20.7 Å². The van der Waals surface area contributed by atoms with Crippen LogP contribution in [0.4, 0.5) is 0 Å². The van der Waals surface area contributed by atoms with Gasteiger partial charge in [0, 0.05) is 13.7 Å². The molecule has 0 aliphatic heterocycles. The molecule has 0 spiro atoms. The van der Waals surface area contributed by atoms with Crippen molar-refractivity contribution in [2.75, 3.05) is 33.5 Å². The van der Waals surface area contributed by atoms with E-state index in [4.69, 9.17) is 14.6 Å². The molecular formula is C14H19NO5. The third-order valence-corrected chi connectivity index (χ3v) is 2.63. The maximum absolute atomic E-state index is 11.4. The van der Waals surface area contributed by atoms with Crippen LogP contribution in [0.2, 0.25) is 0 Å². The van der Waals surface area contributed by atoms with Gasteiger partial charge in [-0.05, 0) is 18.1 Å². The van der Waals surface area contributed by atoms with Gasteiger partial charge in [-0.1, -0.05) is 18.2 Å². The summed E-state index contributed by atoms with van der Waals surface area (Å²) in [7, 11) is 1.56. The average Bonchev–Trinajstić information content (AvgIpc) is 2.44. The van der Waals surface area contributed by atoms with Crippen molar-refractivity contribution in [3.05, 3.63) is 35.4 Å². The van der Waals surface area contributed by atoms with Crippen LogP contribution in [0.15, 0.2) is 24.3 Å². The average molecular weight is 281 g/mol. The molecule has 1 amide bonds. The number of hydrogen-bond donors (Lipinski definition) is 2. The predicted molar refractivity (Wildman–Crippen MR) is 72.8 cm³/mol. The molecule has 0 aliphatic rings. The monoisotopic (exact) mass is 281 g/mol. The smallest absolute Gasteiger partial charge is 0.335 e. The number of ether oxygens (including phenoxy) is 2. The molecule has 0 aliphatic carbocycles. The predicted octanol–water partition coefficient (Wildman–Crippen LogP) is 0.706. The van der Waals surface area contributed by atoms with E-state index < -0.39 is 5.97 Å². The number of carbonyl (C=O) groups is 2. The summed E-state index contributed by atoms with van der Waals surface area (Å²) in [5.74, 6) is -1.19. The van der Waals surface area contributed by atoms with Crippen molar-refractivity contribution in [2.45, 2.75) is 6.42 Å². The van der Waals surface area contributed by atoms with E-state index in [0.717, 1.165) is 0 Å². The van der Waals surface area contributed by atoms with Crippen LogP contribution in [-0.4, -0.2) is 50.5 Å². The van der Waals surface area contributed by atoms with E-state index in [1.807, 2.05) is 0 Å². The van der Waals surface area contributed by atoms with E-state index in [-0.39, 0.29) is 18.1 Å². The molecule has 6 heteroatoms. The Kier molecular flexibility index (Phi) is 7.31. The Bertz CT molecular complexity index is 447. The lowest BCUT2D eigenvalue weighted by Gasteiger charge is -2.08. The van der Waals surface area contributed by atoms with Gasteiger partial charge in [0.25, 0.3) is 0 Å². The molecule has 0 unspecified atom stereocenters. The van der Waals surface area contributed by atoms with Gasteiger partial charge in [-0.2, -0.15) is 0 Å². The first kappa shape index (κ1) is 16.1. The number of hydrogen-bond acceptors (Lipinski definition) is 4. The maximum atomic E-state index is 11.4. The van der Waals surface area contributed by atoms with Gasteiger partial charge >= 0.3 is 5.97 Å². The Balaban J connectivity index is 2.30. The van der Waals surface area contributed by atoms with Crippen LogP contribution >= 0.6 is 0 Å². The summed E-state index contributed by atoms with van der Waals surface area (Å²) >= 11 is 0. The lowest BCUT2D eigenvalue weighted by molar-refractivity contribution is -0.126. The molecule has 1 aromatic carbocycles. The van der Waals surface area contributed by atoms with E-state index in [0.29, 0.717) is 31.7 Å². The standard InChI is InChI=1S/C14H19NO5/c1-19-8-9-20-10-13(16)15-7-6-11-4-2-3-5-12(11)14(17)18/h2-5H,6-10H2,1H3,(H,15,16)(H,17,18). The van der Waals surface area contributed by atoms with Crippen LogP contribution < -0.4 is 5.32 Å². The van der Waals surface area contributed by atoms with Crippen molar-refractivity contribution in [2.24, 2.45) is 0 Å². The van der Waals surface area contributed by atoms with E-state index in [2.05, 4.69) is 5.32 Å². The molecule has 6 nitrogen and oxygen atoms in total. The van der Waals surface area contributed by atoms with Crippen molar-refractivity contribution in [3.8, 4) is 0 Å². The molecule has 1 aromatic rings. The topological polar surface area (TPSA) is 84.9 Å².